The molecule has 0 aromatic heterocycles. The first-order valence-electron chi connectivity index (χ1n) is 6.33. The minimum Gasteiger partial charge on any atom is -0.315 e. The van der Waals surface area contributed by atoms with Crippen molar-refractivity contribution in [3.8, 4) is 6.07 Å². The van der Waals surface area contributed by atoms with E-state index >= 15 is 0 Å². The van der Waals surface area contributed by atoms with Crippen molar-refractivity contribution >= 4 is 0 Å². The van der Waals surface area contributed by atoms with E-state index in [-0.39, 0.29) is 5.92 Å². The lowest BCUT2D eigenvalue weighted by Gasteiger charge is -2.09. The zero-order valence-electron chi connectivity index (χ0n) is 11.1. The second kappa shape index (κ2) is 7.09. The number of benzene rings is 1. The van der Waals surface area contributed by atoms with Crippen molar-refractivity contribution in [2.24, 2.45) is 5.92 Å². The van der Waals surface area contributed by atoms with Crippen LogP contribution in [-0.4, -0.2) is 13.1 Å². The highest BCUT2D eigenvalue weighted by atomic mass is 14.8. The van der Waals surface area contributed by atoms with Gasteiger partial charge in [-0.3, -0.25) is 0 Å². The second-order valence-corrected chi connectivity index (χ2v) is 4.61. The SMILES string of the molecule is CCC(C#N)CNCCc1ccc(C)c(C)c1. The van der Waals surface area contributed by atoms with Gasteiger partial charge in [-0.2, -0.15) is 5.26 Å². The van der Waals surface area contributed by atoms with Crippen LogP contribution in [0.25, 0.3) is 0 Å². The summed E-state index contributed by atoms with van der Waals surface area (Å²) in [6.07, 6.45) is 1.95. The minimum absolute atomic E-state index is 0.148. The molecule has 0 aliphatic heterocycles. The van der Waals surface area contributed by atoms with Crippen molar-refractivity contribution in [1.29, 1.82) is 5.26 Å². The lowest BCUT2D eigenvalue weighted by molar-refractivity contribution is 0.555. The standard InChI is InChI=1S/C15H22N2/c1-4-14(10-16)11-17-8-7-15-6-5-12(2)13(3)9-15/h5-6,9,14,17H,4,7-8,11H2,1-3H3. The molecule has 0 amide bonds. The van der Waals surface area contributed by atoms with E-state index < -0.39 is 0 Å². The number of nitrogens with zero attached hydrogens (tertiary/aromatic N) is 1. The fraction of sp³-hybridized carbons (Fsp3) is 0.533. The number of nitrogens with one attached hydrogen (secondary N) is 1. The largest absolute Gasteiger partial charge is 0.315 e. The Hall–Kier alpha value is -1.33. The molecule has 2 nitrogen and oxygen atoms in total. The van der Waals surface area contributed by atoms with Crippen molar-refractivity contribution in [2.45, 2.75) is 33.6 Å². The first-order valence-corrected chi connectivity index (χ1v) is 6.33. The molecule has 0 aliphatic rings. The predicted molar refractivity (Wildman–Crippen MR) is 71.9 cm³/mol. The normalized spacial score (nSPS) is 12.1. The molecule has 0 spiro atoms. The summed E-state index contributed by atoms with van der Waals surface area (Å²) in [7, 11) is 0. The first kappa shape index (κ1) is 13.7. The summed E-state index contributed by atoms with van der Waals surface area (Å²) in [4.78, 5) is 0. The van der Waals surface area contributed by atoms with Crippen LogP contribution in [0.5, 0.6) is 0 Å². The molecule has 0 heterocycles. The van der Waals surface area contributed by atoms with Gasteiger partial charge in [0.25, 0.3) is 0 Å². The Bertz CT molecular complexity index is 390. The monoisotopic (exact) mass is 230 g/mol. The summed E-state index contributed by atoms with van der Waals surface area (Å²) in [5, 5.41) is 12.2. The Labute approximate surface area is 105 Å². The van der Waals surface area contributed by atoms with Gasteiger partial charge in [0.2, 0.25) is 0 Å². The quantitative estimate of drug-likeness (QED) is 0.763. The summed E-state index contributed by atoms with van der Waals surface area (Å²) < 4.78 is 0. The molecule has 0 saturated heterocycles. The van der Waals surface area contributed by atoms with Gasteiger partial charge >= 0.3 is 0 Å². The smallest absolute Gasteiger partial charge is 0.0669 e. The van der Waals surface area contributed by atoms with E-state index in [2.05, 4.69) is 50.4 Å². The van der Waals surface area contributed by atoms with Crippen LogP contribution in [0, 0.1) is 31.1 Å². The first-order chi connectivity index (χ1) is 8.17. The zero-order chi connectivity index (χ0) is 12.7. The Morgan fingerprint density at radius 2 is 2.06 bits per heavy atom. The summed E-state index contributed by atoms with van der Waals surface area (Å²) in [6.45, 7) is 8.09. The number of hydrogen-bond donors (Lipinski definition) is 1. The van der Waals surface area contributed by atoms with Gasteiger partial charge in [-0.1, -0.05) is 25.1 Å². The lowest BCUT2D eigenvalue weighted by atomic mass is 10.0. The third-order valence-electron chi connectivity index (χ3n) is 3.23. The fourth-order valence-corrected chi connectivity index (χ4v) is 1.75. The summed E-state index contributed by atoms with van der Waals surface area (Å²) in [6, 6.07) is 8.91. The molecule has 0 aliphatic carbocycles. The fourth-order valence-electron chi connectivity index (χ4n) is 1.75. The number of nitriles is 1. The molecular formula is C15H22N2. The van der Waals surface area contributed by atoms with Crippen LogP contribution >= 0.6 is 0 Å². The Kier molecular flexibility index (Phi) is 5.72. The summed E-state index contributed by atoms with van der Waals surface area (Å²) in [5.74, 6) is 0.148. The molecule has 1 N–H and O–H groups in total. The van der Waals surface area contributed by atoms with Gasteiger partial charge in [-0.25, -0.2) is 0 Å². The number of rotatable bonds is 6. The van der Waals surface area contributed by atoms with Gasteiger partial charge in [0, 0.05) is 6.54 Å². The van der Waals surface area contributed by atoms with Gasteiger partial charge in [0.1, 0.15) is 0 Å². The van der Waals surface area contributed by atoms with Crippen LogP contribution in [0.2, 0.25) is 0 Å². The molecule has 1 rings (SSSR count). The molecule has 0 fully saturated rings. The number of hydrogen-bond acceptors (Lipinski definition) is 2. The van der Waals surface area contributed by atoms with E-state index in [1.807, 2.05) is 0 Å². The molecule has 0 saturated carbocycles. The van der Waals surface area contributed by atoms with E-state index in [1.165, 1.54) is 16.7 Å². The molecule has 1 aromatic carbocycles. The van der Waals surface area contributed by atoms with E-state index in [9.17, 15) is 0 Å². The average Bonchev–Trinajstić information content (AvgIpc) is 2.34. The van der Waals surface area contributed by atoms with Crippen molar-refractivity contribution in [3.63, 3.8) is 0 Å². The van der Waals surface area contributed by atoms with Crippen molar-refractivity contribution in [3.05, 3.63) is 34.9 Å². The maximum Gasteiger partial charge on any atom is 0.0669 e. The predicted octanol–water partition coefficient (Wildman–Crippen LogP) is 2.99. The minimum atomic E-state index is 0.148. The highest BCUT2D eigenvalue weighted by Crippen LogP contribution is 2.09. The molecule has 1 unspecified atom stereocenters. The third-order valence-corrected chi connectivity index (χ3v) is 3.23. The molecule has 92 valence electrons. The Morgan fingerprint density at radius 3 is 2.65 bits per heavy atom. The van der Waals surface area contributed by atoms with Crippen LogP contribution < -0.4 is 5.32 Å². The maximum absolute atomic E-state index is 8.82. The molecule has 1 atom stereocenters. The third kappa shape index (κ3) is 4.58. The molecular weight excluding hydrogens is 208 g/mol. The van der Waals surface area contributed by atoms with Crippen molar-refractivity contribution < 1.29 is 0 Å². The van der Waals surface area contributed by atoms with Crippen LogP contribution in [0.15, 0.2) is 18.2 Å². The van der Waals surface area contributed by atoms with E-state index in [0.29, 0.717) is 0 Å². The zero-order valence-corrected chi connectivity index (χ0v) is 11.1. The molecule has 0 radical (unpaired) electrons. The Morgan fingerprint density at radius 1 is 1.29 bits per heavy atom. The second-order valence-electron chi connectivity index (χ2n) is 4.61. The van der Waals surface area contributed by atoms with Gasteiger partial charge in [-0.05, 0) is 49.9 Å². The van der Waals surface area contributed by atoms with E-state index in [0.717, 1.165) is 25.9 Å². The molecule has 1 aromatic rings. The van der Waals surface area contributed by atoms with Gasteiger partial charge in [-0.15, -0.1) is 0 Å². The van der Waals surface area contributed by atoms with Crippen LogP contribution in [0.3, 0.4) is 0 Å². The van der Waals surface area contributed by atoms with Crippen LogP contribution in [-0.2, 0) is 6.42 Å². The van der Waals surface area contributed by atoms with E-state index in [1.54, 1.807) is 0 Å². The van der Waals surface area contributed by atoms with Crippen LogP contribution in [0.4, 0.5) is 0 Å². The lowest BCUT2D eigenvalue weighted by Crippen LogP contribution is -2.23. The van der Waals surface area contributed by atoms with E-state index in [4.69, 9.17) is 5.26 Å². The van der Waals surface area contributed by atoms with Crippen LogP contribution in [0.1, 0.15) is 30.0 Å². The highest BCUT2D eigenvalue weighted by Gasteiger charge is 2.02. The van der Waals surface area contributed by atoms with Gasteiger partial charge in [0.05, 0.1) is 12.0 Å². The maximum atomic E-state index is 8.82. The average molecular weight is 230 g/mol. The highest BCUT2D eigenvalue weighted by molar-refractivity contribution is 5.30. The van der Waals surface area contributed by atoms with Crippen molar-refractivity contribution in [2.75, 3.05) is 13.1 Å². The number of aryl methyl sites for hydroxylation is 2. The van der Waals surface area contributed by atoms with Gasteiger partial charge < -0.3 is 5.32 Å². The van der Waals surface area contributed by atoms with Gasteiger partial charge in [0.15, 0.2) is 0 Å². The molecule has 0 bridgehead atoms. The topological polar surface area (TPSA) is 35.8 Å². The molecule has 2 heteroatoms. The van der Waals surface area contributed by atoms with Crippen molar-refractivity contribution in [1.82, 2.24) is 5.32 Å². The summed E-state index contributed by atoms with van der Waals surface area (Å²) in [5.41, 5.74) is 4.06. The molecule has 17 heavy (non-hydrogen) atoms. The Balaban J connectivity index is 2.31. The summed E-state index contributed by atoms with van der Waals surface area (Å²) >= 11 is 0.